The van der Waals surface area contributed by atoms with Gasteiger partial charge in [0.15, 0.2) is 0 Å². The highest BCUT2D eigenvalue weighted by Crippen LogP contribution is 2.37. The molecule has 0 aromatic heterocycles. The molecular weight excluding hydrogens is 260 g/mol. The van der Waals surface area contributed by atoms with Gasteiger partial charge < -0.3 is 9.80 Å². The minimum absolute atomic E-state index is 0.242. The van der Waals surface area contributed by atoms with E-state index in [1.165, 1.54) is 38.9 Å². The number of hydrogen-bond acceptors (Lipinski definition) is 4. The van der Waals surface area contributed by atoms with E-state index in [2.05, 4.69) is 42.1 Å². The Bertz CT molecular complexity index is 364. The van der Waals surface area contributed by atoms with Crippen LogP contribution in [0.15, 0.2) is 0 Å². The first-order valence-corrected chi connectivity index (χ1v) is 8.70. The number of piperazine rings is 1. The molecule has 0 amide bonds. The molecule has 1 heterocycles. The number of nitrogens with zero attached hydrogens (tertiary/aromatic N) is 3. The summed E-state index contributed by atoms with van der Waals surface area (Å²) in [5.74, 6) is 0.531. The molecule has 1 saturated carbocycles. The third-order valence-corrected chi connectivity index (χ3v) is 5.55. The lowest BCUT2D eigenvalue weighted by Crippen LogP contribution is -2.51. The average Bonchev–Trinajstić information content (AvgIpc) is 2.90. The van der Waals surface area contributed by atoms with E-state index in [9.17, 15) is 5.26 Å². The molecule has 0 aromatic rings. The quantitative estimate of drug-likeness (QED) is 0.814. The van der Waals surface area contributed by atoms with Gasteiger partial charge in [-0.3, -0.25) is 5.32 Å². The second-order valence-electron chi connectivity index (χ2n) is 7.02. The zero-order chi connectivity index (χ0) is 15.3. The summed E-state index contributed by atoms with van der Waals surface area (Å²) >= 11 is 0. The summed E-state index contributed by atoms with van der Waals surface area (Å²) in [4.78, 5) is 5.03. The van der Waals surface area contributed by atoms with Crippen LogP contribution in [0.5, 0.6) is 0 Å². The molecule has 0 aromatic carbocycles. The van der Waals surface area contributed by atoms with Crippen LogP contribution in [0.4, 0.5) is 0 Å². The molecule has 1 aliphatic carbocycles. The van der Waals surface area contributed by atoms with E-state index >= 15 is 0 Å². The van der Waals surface area contributed by atoms with Gasteiger partial charge in [0.25, 0.3) is 0 Å². The van der Waals surface area contributed by atoms with Gasteiger partial charge in [0.1, 0.15) is 5.54 Å². The largest absolute Gasteiger partial charge is 0.301 e. The molecule has 0 radical (unpaired) electrons. The molecule has 4 heteroatoms. The summed E-state index contributed by atoms with van der Waals surface area (Å²) in [6, 6.07) is 3.28. The topological polar surface area (TPSA) is 42.3 Å². The Morgan fingerprint density at radius 2 is 2.19 bits per heavy atom. The van der Waals surface area contributed by atoms with Crippen molar-refractivity contribution in [1.29, 1.82) is 5.26 Å². The lowest BCUT2D eigenvalue weighted by atomic mass is 9.85. The Balaban J connectivity index is 1.85. The van der Waals surface area contributed by atoms with Crippen LogP contribution in [0, 0.1) is 17.2 Å². The summed E-state index contributed by atoms with van der Waals surface area (Å²) in [5, 5.41) is 13.3. The average molecular weight is 292 g/mol. The first-order valence-electron chi connectivity index (χ1n) is 8.70. The molecule has 0 spiro atoms. The zero-order valence-corrected chi connectivity index (χ0v) is 14.1. The van der Waals surface area contributed by atoms with Crippen molar-refractivity contribution in [3.8, 4) is 6.07 Å². The van der Waals surface area contributed by atoms with Crippen LogP contribution < -0.4 is 5.32 Å². The van der Waals surface area contributed by atoms with Crippen molar-refractivity contribution >= 4 is 0 Å². The van der Waals surface area contributed by atoms with E-state index in [0.717, 1.165) is 25.9 Å². The van der Waals surface area contributed by atoms with E-state index in [4.69, 9.17) is 0 Å². The molecule has 2 aliphatic rings. The molecular formula is C17H32N4. The van der Waals surface area contributed by atoms with Crippen molar-refractivity contribution in [3.05, 3.63) is 0 Å². The van der Waals surface area contributed by atoms with Crippen LogP contribution in [0.25, 0.3) is 0 Å². The fourth-order valence-electron chi connectivity index (χ4n) is 3.90. The molecule has 3 unspecified atom stereocenters. The van der Waals surface area contributed by atoms with Gasteiger partial charge in [-0.25, -0.2) is 0 Å². The lowest BCUT2D eigenvalue weighted by molar-refractivity contribution is 0.0972. The number of likely N-dealkylation sites (N-methyl/N-ethyl adjacent to an activating group) is 1. The van der Waals surface area contributed by atoms with Gasteiger partial charge in [0, 0.05) is 25.7 Å². The predicted molar refractivity (Wildman–Crippen MR) is 87.1 cm³/mol. The lowest BCUT2D eigenvalue weighted by Gasteiger charge is -2.39. The van der Waals surface area contributed by atoms with Crippen molar-refractivity contribution in [3.63, 3.8) is 0 Å². The van der Waals surface area contributed by atoms with Crippen LogP contribution in [-0.2, 0) is 0 Å². The van der Waals surface area contributed by atoms with E-state index in [1.54, 1.807) is 0 Å². The highest BCUT2D eigenvalue weighted by atomic mass is 15.3. The molecule has 4 nitrogen and oxygen atoms in total. The summed E-state index contributed by atoms with van der Waals surface area (Å²) in [7, 11) is 2.22. The standard InChI is InChI=1S/C17H32N4/c1-4-9-19-17(14-18)8-5-6-16(17)7-10-21-12-11-20(3)15(2)13-21/h15-16,19H,4-13H2,1-3H3. The highest BCUT2D eigenvalue weighted by Gasteiger charge is 2.42. The fraction of sp³-hybridized carbons (Fsp3) is 0.941. The van der Waals surface area contributed by atoms with E-state index < -0.39 is 0 Å². The summed E-state index contributed by atoms with van der Waals surface area (Å²) in [6.07, 6.45) is 5.72. The van der Waals surface area contributed by atoms with Crippen molar-refractivity contribution in [2.45, 2.75) is 57.5 Å². The van der Waals surface area contributed by atoms with E-state index in [-0.39, 0.29) is 5.54 Å². The third-order valence-electron chi connectivity index (χ3n) is 5.55. The van der Waals surface area contributed by atoms with Gasteiger partial charge in [0.2, 0.25) is 0 Å². The third kappa shape index (κ3) is 3.97. The molecule has 1 aliphatic heterocycles. The smallest absolute Gasteiger partial charge is 0.109 e. The second-order valence-corrected chi connectivity index (χ2v) is 7.02. The maximum Gasteiger partial charge on any atom is 0.109 e. The van der Waals surface area contributed by atoms with Crippen LogP contribution in [0.2, 0.25) is 0 Å². The van der Waals surface area contributed by atoms with Gasteiger partial charge in [-0.15, -0.1) is 0 Å². The number of hydrogen-bond donors (Lipinski definition) is 1. The summed E-state index contributed by atoms with van der Waals surface area (Å²) < 4.78 is 0. The predicted octanol–water partition coefficient (Wildman–Crippen LogP) is 2.07. The normalized spacial score (nSPS) is 35.0. The van der Waals surface area contributed by atoms with E-state index in [0.29, 0.717) is 12.0 Å². The van der Waals surface area contributed by atoms with E-state index in [1.807, 2.05) is 0 Å². The van der Waals surface area contributed by atoms with Crippen LogP contribution >= 0.6 is 0 Å². The Kier molecular flexibility index (Phi) is 6.04. The minimum Gasteiger partial charge on any atom is -0.301 e. The molecule has 3 atom stereocenters. The first-order chi connectivity index (χ1) is 10.1. The first kappa shape index (κ1) is 16.7. The van der Waals surface area contributed by atoms with Crippen LogP contribution in [0.3, 0.4) is 0 Å². The van der Waals surface area contributed by atoms with Crippen molar-refractivity contribution in [1.82, 2.24) is 15.1 Å². The minimum atomic E-state index is -0.242. The van der Waals surface area contributed by atoms with Gasteiger partial charge >= 0.3 is 0 Å². The van der Waals surface area contributed by atoms with Crippen LogP contribution in [0.1, 0.15) is 46.0 Å². The van der Waals surface area contributed by atoms with Crippen molar-refractivity contribution in [2.24, 2.45) is 5.92 Å². The SMILES string of the molecule is CCCNC1(C#N)CCCC1CCN1CCN(C)C(C)C1. The van der Waals surface area contributed by atoms with Crippen molar-refractivity contribution < 1.29 is 0 Å². The number of rotatable bonds is 6. The molecule has 1 saturated heterocycles. The van der Waals surface area contributed by atoms with Gasteiger partial charge in [-0.1, -0.05) is 13.3 Å². The maximum atomic E-state index is 9.69. The summed E-state index contributed by atoms with van der Waals surface area (Å²) in [5.41, 5.74) is -0.242. The second kappa shape index (κ2) is 7.58. The molecule has 2 rings (SSSR count). The fourth-order valence-corrected chi connectivity index (χ4v) is 3.90. The number of nitriles is 1. The summed E-state index contributed by atoms with van der Waals surface area (Å²) in [6.45, 7) is 10.1. The molecule has 0 bridgehead atoms. The zero-order valence-electron chi connectivity index (χ0n) is 14.1. The maximum absolute atomic E-state index is 9.69. The molecule has 1 N–H and O–H groups in total. The Labute approximate surface area is 130 Å². The highest BCUT2D eigenvalue weighted by molar-refractivity contribution is 5.14. The van der Waals surface area contributed by atoms with Crippen molar-refractivity contribution in [2.75, 3.05) is 39.8 Å². The molecule has 2 fully saturated rings. The molecule has 21 heavy (non-hydrogen) atoms. The van der Waals surface area contributed by atoms with Gasteiger partial charge in [-0.05, 0) is 58.7 Å². The monoisotopic (exact) mass is 292 g/mol. The number of nitrogens with one attached hydrogen (secondary N) is 1. The van der Waals surface area contributed by atoms with Crippen LogP contribution in [-0.4, -0.2) is 61.2 Å². The Hall–Kier alpha value is -0.630. The Morgan fingerprint density at radius 3 is 2.86 bits per heavy atom. The van der Waals surface area contributed by atoms with Gasteiger partial charge in [-0.2, -0.15) is 5.26 Å². The van der Waals surface area contributed by atoms with Gasteiger partial charge in [0.05, 0.1) is 6.07 Å². The molecule has 120 valence electrons. The Morgan fingerprint density at radius 1 is 1.38 bits per heavy atom.